The van der Waals surface area contributed by atoms with Crippen LogP contribution in [0.2, 0.25) is 0 Å². The van der Waals surface area contributed by atoms with Crippen molar-refractivity contribution in [2.75, 3.05) is 5.32 Å². The Morgan fingerprint density at radius 2 is 2.00 bits per heavy atom. The first-order valence-electron chi connectivity index (χ1n) is 9.89. The van der Waals surface area contributed by atoms with Gasteiger partial charge in [0.05, 0.1) is 0 Å². The molecule has 5 rings (SSSR count). The van der Waals surface area contributed by atoms with E-state index in [0.717, 1.165) is 9.58 Å². The van der Waals surface area contributed by atoms with E-state index in [1.54, 1.807) is 0 Å². The summed E-state index contributed by atoms with van der Waals surface area (Å²) in [5, 5.41) is 25.8. The predicted molar refractivity (Wildman–Crippen MR) is 121 cm³/mol. The number of nitrogens with one attached hydrogen (secondary N) is 1. The van der Waals surface area contributed by atoms with E-state index in [4.69, 9.17) is 9.26 Å². The standard InChI is InChI=1S/C22H13N5O5S2/c23-10-13-16(25-21(30)31-11-12-4-2-1-3-5-12)14(32-27-13)6-7-15-24-17-18(33-15)34-19(26-17)22(8-9-22)20(28)29/h1-5H,8-9,11H2,(H,25,30)(H,28,29). The number of aliphatic carboxylic acids is 1. The van der Waals surface area contributed by atoms with Crippen molar-refractivity contribution in [2.45, 2.75) is 24.9 Å². The van der Waals surface area contributed by atoms with E-state index in [2.05, 4.69) is 32.3 Å². The lowest BCUT2D eigenvalue weighted by atomic mass is 10.1. The maximum atomic E-state index is 12.2. The molecule has 1 aliphatic rings. The van der Waals surface area contributed by atoms with Crippen molar-refractivity contribution < 1.29 is 24.0 Å². The summed E-state index contributed by atoms with van der Waals surface area (Å²) in [6.45, 7) is 0.0505. The van der Waals surface area contributed by atoms with E-state index >= 15 is 0 Å². The number of rotatable bonds is 5. The number of carbonyl (C=O) groups excluding carboxylic acids is 1. The van der Waals surface area contributed by atoms with Crippen molar-refractivity contribution in [1.82, 2.24) is 15.1 Å². The number of fused-ring (bicyclic) bond motifs is 1. The minimum atomic E-state index is -0.875. The first-order valence-corrected chi connectivity index (χ1v) is 11.5. The number of benzene rings is 1. The summed E-state index contributed by atoms with van der Waals surface area (Å²) in [4.78, 5) is 32.4. The van der Waals surface area contributed by atoms with Gasteiger partial charge in [-0.05, 0) is 30.2 Å². The van der Waals surface area contributed by atoms with Gasteiger partial charge in [-0.1, -0.05) is 46.8 Å². The van der Waals surface area contributed by atoms with Crippen LogP contribution in [0.1, 0.15) is 39.9 Å². The van der Waals surface area contributed by atoms with Crippen molar-refractivity contribution in [2.24, 2.45) is 0 Å². The minimum Gasteiger partial charge on any atom is -0.481 e. The number of amides is 1. The molecule has 1 amide bonds. The molecule has 34 heavy (non-hydrogen) atoms. The number of aromatic nitrogens is 3. The van der Waals surface area contributed by atoms with Crippen LogP contribution in [0, 0.1) is 23.2 Å². The van der Waals surface area contributed by atoms with Gasteiger partial charge in [-0.2, -0.15) is 5.26 Å². The smallest absolute Gasteiger partial charge is 0.412 e. The fourth-order valence-electron chi connectivity index (χ4n) is 3.08. The van der Waals surface area contributed by atoms with E-state index in [1.807, 2.05) is 36.4 Å². The fourth-order valence-corrected chi connectivity index (χ4v) is 5.29. The van der Waals surface area contributed by atoms with Crippen LogP contribution in [0.15, 0.2) is 34.9 Å². The highest BCUT2D eigenvalue weighted by atomic mass is 32.2. The van der Waals surface area contributed by atoms with Crippen LogP contribution in [-0.2, 0) is 21.6 Å². The zero-order chi connectivity index (χ0) is 23.7. The molecule has 168 valence electrons. The van der Waals surface area contributed by atoms with Gasteiger partial charge in [0.25, 0.3) is 0 Å². The zero-order valence-electron chi connectivity index (χ0n) is 17.2. The molecule has 0 atom stereocenters. The van der Waals surface area contributed by atoms with Gasteiger partial charge in [0, 0.05) is 0 Å². The molecule has 2 N–H and O–H groups in total. The van der Waals surface area contributed by atoms with Crippen LogP contribution in [0.5, 0.6) is 0 Å². The summed E-state index contributed by atoms with van der Waals surface area (Å²) < 4.78 is 11.0. The highest BCUT2D eigenvalue weighted by Crippen LogP contribution is 2.51. The number of nitrogens with zero attached hydrogens (tertiary/aromatic N) is 4. The predicted octanol–water partition coefficient (Wildman–Crippen LogP) is 3.88. The molecule has 3 heterocycles. The highest BCUT2D eigenvalue weighted by Gasteiger charge is 2.54. The zero-order valence-corrected chi connectivity index (χ0v) is 18.8. The van der Waals surface area contributed by atoms with Gasteiger partial charge in [0.1, 0.15) is 32.8 Å². The Morgan fingerprint density at radius 3 is 2.68 bits per heavy atom. The first-order chi connectivity index (χ1) is 16.5. The lowest BCUT2D eigenvalue weighted by molar-refractivity contribution is -0.140. The highest BCUT2D eigenvalue weighted by molar-refractivity contribution is 7.38. The van der Waals surface area contributed by atoms with E-state index < -0.39 is 17.5 Å². The first kappa shape index (κ1) is 21.6. The lowest BCUT2D eigenvalue weighted by Crippen LogP contribution is -2.18. The van der Waals surface area contributed by atoms with Gasteiger partial charge >= 0.3 is 12.1 Å². The third-order valence-corrected chi connectivity index (χ3v) is 7.36. The van der Waals surface area contributed by atoms with Crippen LogP contribution >= 0.6 is 22.7 Å². The maximum absolute atomic E-state index is 12.2. The molecule has 0 radical (unpaired) electrons. The van der Waals surface area contributed by atoms with Crippen LogP contribution in [0.3, 0.4) is 0 Å². The van der Waals surface area contributed by atoms with Gasteiger partial charge < -0.3 is 14.4 Å². The Labute approximate surface area is 199 Å². The summed E-state index contributed by atoms with van der Waals surface area (Å²) >= 11 is 2.57. The third kappa shape index (κ3) is 4.08. The molecule has 1 aromatic carbocycles. The Bertz CT molecular complexity index is 1480. The maximum Gasteiger partial charge on any atom is 0.412 e. The number of carbonyl (C=O) groups is 2. The SMILES string of the molecule is N#Cc1noc(C#Cc2nc3nc(C4(C(=O)O)CC4)sc3s2)c1NC(=O)OCc1ccccc1. The van der Waals surface area contributed by atoms with Crippen LogP contribution in [0.25, 0.3) is 9.66 Å². The van der Waals surface area contributed by atoms with Crippen LogP contribution < -0.4 is 5.32 Å². The number of thiazole rings is 2. The van der Waals surface area contributed by atoms with Crippen LogP contribution in [-0.4, -0.2) is 32.3 Å². The van der Waals surface area contributed by atoms with E-state index in [1.165, 1.54) is 22.7 Å². The number of nitriles is 1. The third-order valence-electron chi connectivity index (χ3n) is 5.07. The molecule has 12 heteroatoms. The average Bonchev–Trinajstić information content (AvgIpc) is 3.23. The second-order valence-electron chi connectivity index (χ2n) is 7.32. The Morgan fingerprint density at radius 1 is 1.21 bits per heavy atom. The van der Waals surface area contributed by atoms with Crippen molar-refractivity contribution in [3.63, 3.8) is 0 Å². The second kappa shape index (κ2) is 8.59. The summed E-state index contributed by atoms with van der Waals surface area (Å²) in [5.74, 6) is 4.64. The second-order valence-corrected chi connectivity index (χ2v) is 9.58. The number of anilines is 1. The molecule has 1 saturated carbocycles. The minimum absolute atomic E-state index is 0.00368. The van der Waals surface area contributed by atoms with E-state index in [0.29, 0.717) is 28.5 Å². The van der Waals surface area contributed by atoms with Crippen molar-refractivity contribution in [3.05, 3.63) is 57.4 Å². The average molecular weight is 492 g/mol. The Hall–Kier alpha value is -4.26. The molecule has 1 aliphatic carbocycles. The normalized spacial score (nSPS) is 13.5. The van der Waals surface area contributed by atoms with Gasteiger partial charge in [0.15, 0.2) is 10.7 Å². The fraction of sp³-hybridized carbons (Fsp3) is 0.182. The van der Waals surface area contributed by atoms with Crippen molar-refractivity contribution in [1.29, 1.82) is 5.26 Å². The van der Waals surface area contributed by atoms with E-state index in [-0.39, 0.29) is 23.7 Å². The monoisotopic (exact) mass is 491 g/mol. The molecule has 0 spiro atoms. The van der Waals surface area contributed by atoms with Crippen molar-refractivity contribution >= 4 is 50.1 Å². The molecular formula is C22H13N5O5S2. The molecule has 0 unspecified atom stereocenters. The largest absolute Gasteiger partial charge is 0.481 e. The van der Waals surface area contributed by atoms with Gasteiger partial charge in [-0.25, -0.2) is 14.8 Å². The molecule has 0 saturated heterocycles. The number of carboxylic acids is 1. The van der Waals surface area contributed by atoms with Gasteiger partial charge in [-0.15, -0.1) is 11.3 Å². The van der Waals surface area contributed by atoms with Gasteiger partial charge in [-0.3, -0.25) is 10.1 Å². The molecule has 1 fully saturated rings. The summed E-state index contributed by atoms with van der Waals surface area (Å²) in [6.07, 6.45) is 0.364. The Balaban J connectivity index is 1.32. The number of hydrogen-bond donors (Lipinski definition) is 2. The molecule has 0 bridgehead atoms. The number of hydrogen-bond acceptors (Lipinski definition) is 10. The van der Waals surface area contributed by atoms with Crippen LogP contribution in [0.4, 0.5) is 10.5 Å². The molecule has 3 aromatic heterocycles. The lowest BCUT2D eigenvalue weighted by Gasteiger charge is -2.05. The summed E-state index contributed by atoms with van der Waals surface area (Å²) in [6, 6.07) is 11.0. The van der Waals surface area contributed by atoms with E-state index in [9.17, 15) is 20.0 Å². The summed E-state index contributed by atoms with van der Waals surface area (Å²) in [7, 11) is 0. The summed E-state index contributed by atoms with van der Waals surface area (Å²) in [5.41, 5.74) is 0.236. The molecule has 0 aliphatic heterocycles. The Kier molecular flexibility index (Phi) is 5.45. The molecule has 10 nitrogen and oxygen atoms in total. The quantitative estimate of drug-likeness (QED) is 0.396. The number of carboxylic acid groups (broad SMARTS) is 1. The molecular weight excluding hydrogens is 478 g/mol. The van der Waals surface area contributed by atoms with Crippen molar-refractivity contribution in [3.8, 4) is 17.9 Å². The molecule has 4 aromatic rings. The topological polar surface area (TPSA) is 151 Å². The van der Waals surface area contributed by atoms with Gasteiger partial charge in [0.2, 0.25) is 11.5 Å². The number of ether oxygens (including phenoxy) is 1.